The molecule has 2 N–H and O–H groups in total. The first-order valence-corrected chi connectivity index (χ1v) is 6.86. The third-order valence-corrected chi connectivity index (χ3v) is 3.06. The van der Waals surface area contributed by atoms with Gasteiger partial charge in [-0.15, -0.1) is 0 Å². The topological polar surface area (TPSA) is 75.6 Å². The zero-order valence-corrected chi connectivity index (χ0v) is 12.5. The van der Waals surface area contributed by atoms with Crippen LogP contribution in [0.4, 0.5) is 5.69 Å². The highest BCUT2D eigenvalue weighted by Gasteiger charge is 2.13. The first kappa shape index (κ1) is 15.1. The molecule has 0 aliphatic heterocycles. The molecule has 2 aromatic carbocycles. The van der Waals surface area contributed by atoms with Gasteiger partial charge in [0.15, 0.2) is 6.61 Å². The van der Waals surface area contributed by atoms with E-state index in [1.165, 1.54) is 12.1 Å². The molecule has 0 spiro atoms. The van der Waals surface area contributed by atoms with Gasteiger partial charge in [0.2, 0.25) is 0 Å². The quantitative estimate of drug-likeness (QED) is 0.832. The number of esters is 1. The summed E-state index contributed by atoms with van der Waals surface area (Å²) >= 11 is 3.29. The van der Waals surface area contributed by atoms with E-state index >= 15 is 0 Å². The lowest BCUT2D eigenvalue weighted by Crippen LogP contribution is -2.20. The lowest BCUT2D eigenvalue weighted by atomic mass is 10.2. The van der Waals surface area contributed by atoms with E-state index in [4.69, 9.17) is 4.74 Å². The summed E-state index contributed by atoms with van der Waals surface area (Å²) in [5.74, 6) is -1.40. The molecule has 0 saturated carbocycles. The number of anilines is 1. The van der Waals surface area contributed by atoms with Gasteiger partial charge in [0.05, 0.1) is 0 Å². The Hall–Kier alpha value is -2.34. The maximum atomic E-state index is 11.7. The van der Waals surface area contributed by atoms with Gasteiger partial charge in [0.1, 0.15) is 11.3 Å². The van der Waals surface area contributed by atoms with E-state index < -0.39 is 18.5 Å². The van der Waals surface area contributed by atoms with Crippen LogP contribution in [-0.2, 0) is 9.53 Å². The third-order valence-electron chi connectivity index (χ3n) is 2.57. The van der Waals surface area contributed by atoms with Crippen molar-refractivity contribution in [2.24, 2.45) is 0 Å². The van der Waals surface area contributed by atoms with Gasteiger partial charge in [0, 0.05) is 10.2 Å². The number of ether oxygens (including phenoxy) is 1. The van der Waals surface area contributed by atoms with Gasteiger partial charge < -0.3 is 15.2 Å². The predicted molar refractivity (Wildman–Crippen MR) is 81.2 cm³/mol. The van der Waals surface area contributed by atoms with Gasteiger partial charge in [-0.25, -0.2) is 4.79 Å². The number of rotatable bonds is 4. The summed E-state index contributed by atoms with van der Waals surface area (Å²) in [6.07, 6.45) is 0. The van der Waals surface area contributed by atoms with E-state index in [2.05, 4.69) is 21.2 Å². The molecule has 0 heterocycles. The standard InChI is InChI=1S/C15H12BrNO4/c16-10-4-3-5-11(8-10)17-14(19)9-21-15(20)12-6-1-2-7-13(12)18/h1-8,18H,9H2,(H,17,19). The summed E-state index contributed by atoms with van der Waals surface area (Å²) < 4.78 is 5.68. The minimum atomic E-state index is -0.752. The van der Waals surface area contributed by atoms with Crippen LogP contribution < -0.4 is 5.32 Å². The molecule has 0 aliphatic rings. The lowest BCUT2D eigenvalue weighted by molar-refractivity contribution is -0.119. The Bertz CT molecular complexity index is 672. The Morgan fingerprint density at radius 1 is 1.14 bits per heavy atom. The number of hydrogen-bond acceptors (Lipinski definition) is 4. The van der Waals surface area contributed by atoms with Crippen LogP contribution in [-0.4, -0.2) is 23.6 Å². The Balaban J connectivity index is 1.90. The number of carbonyl (C=O) groups is 2. The van der Waals surface area contributed by atoms with Crippen LogP contribution in [0.2, 0.25) is 0 Å². The highest BCUT2D eigenvalue weighted by atomic mass is 79.9. The highest BCUT2D eigenvalue weighted by Crippen LogP contribution is 2.17. The maximum Gasteiger partial charge on any atom is 0.342 e. The van der Waals surface area contributed by atoms with Crippen LogP contribution in [0.3, 0.4) is 0 Å². The average Bonchev–Trinajstić information content (AvgIpc) is 2.45. The molecule has 0 saturated heterocycles. The van der Waals surface area contributed by atoms with Gasteiger partial charge in [-0.3, -0.25) is 4.79 Å². The number of aromatic hydroxyl groups is 1. The van der Waals surface area contributed by atoms with E-state index in [-0.39, 0.29) is 11.3 Å². The summed E-state index contributed by atoms with van der Waals surface area (Å²) in [5.41, 5.74) is 0.612. The van der Waals surface area contributed by atoms with E-state index in [9.17, 15) is 14.7 Å². The zero-order valence-electron chi connectivity index (χ0n) is 10.9. The second-order valence-electron chi connectivity index (χ2n) is 4.15. The predicted octanol–water partition coefficient (Wildman–Crippen LogP) is 2.95. The van der Waals surface area contributed by atoms with Crippen LogP contribution in [0, 0.1) is 0 Å². The number of hydrogen-bond donors (Lipinski definition) is 2. The molecule has 5 nitrogen and oxygen atoms in total. The van der Waals surface area contributed by atoms with Crippen LogP contribution in [0.15, 0.2) is 53.0 Å². The van der Waals surface area contributed by atoms with E-state index in [1.54, 1.807) is 30.3 Å². The number of phenols is 1. The number of nitrogens with one attached hydrogen (secondary N) is 1. The van der Waals surface area contributed by atoms with Crippen molar-refractivity contribution in [3.05, 3.63) is 58.6 Å². The van der Waals surface area contributed by atoms with Crippen LogP contribution in [0.25, 0.3) is 0 Å². The lowest BCUT2D eigenvalue weighted by Gasteiger charge is -2.07. The van der Waals surface area contributed by atoms with Crippen molar-refractivity contribution in [1.29, 1.82) is 0 Å². The van der Waals surface area contributed by atoms with Crippen molar-refractivity contribution in [1.82, 2.24) is 0 Å². The minimum absolute atomic E-state index is 0.0211. The number of halogens is 1. The van der Waals surface area contributed by atoms with Crippen molar-refractivity contribution < 1.29 is 19.4 Å². The fraction of sp³-hybridized carbons (Fsp3) is 0.0667. The molecule has 0 aromatic heterocycles. The molecule has 0 aliphatic carbocycles. The van der Waals surface area contributed by atoms with E-state index in [0.29, 0.717) is 5.69 Å². The van der Waals surface area contributed by atoms with Crippen molar-refractivity contribution in [3.8, 4) is 5.75 Å². The SMILES string of the molecule is O=C(COC(=O)c1ccccc1O)Nc1cccc(Br)c1. The summed E-state index contributed by atoms with van der Waals surface area (Å²) in [4.78, 5) is 23.4. The van der Waals surface area contributed by atoms with Crippen LogP contribution in [0.5, 0.6) is 5.75 Å². The molecular weight excluding hydrogens is 338 g/mol. The van der Waals surface area contributed by atoms with Crippen LogP contribution in [0.1, 0.15) is 10.4 Å². The van der Waals surface area contributed by atoms with E-state index in [1.807, 2.05) is 6.07 Å². The molecule has 0 unspecified atom stereocenters. The normalized spacial score (nSPS) is 9.95. The average molecular weight is 350 g/mol. The highest BCUT2D eigenvalue weighted by molar-refractivity contribution is 9.10. The van der Waals surface area contributed by atoms with E-state index in [0.717, 1.165) is 4.47 Å². The molecule has 2 rings (SSSR count). The fourth-order valence-electron chi connectivity index (χ4n) is 1.62. The molecule has 0 bridgehead atoms. The zero-order chi connectivity index (χ0) is 15.2. The molecule has 0 atom stereocenters. The largest absolute Gasteiger partial charge is 0.507 e. The van der Waals surface area contributed by atoms with Gasteiger partial charge >= 0.3 is 5.97 Å². The summed E-state index contributed by atoms with van der Waals surface area (Å²) in [7, 11) is 0. The van der Waals surface area contributed by atoms with Crippen molar-refractivity contribution >= 4 is 33.5 Å². The molecule has 21 heavy (non-hydrogen) atoms. The monoisotopic (exact) mass is 349 g/mol. The van der Waals surface area contributed by atoms with Crippen molar-refractivity contribution in [3.63, 3.8) is 0 Å². The molecule has 1 amide bonds. The Morgan fingerprint density at radius 2 is 1.90 bits per heavy atom. The van der Waals surface area contributed by atoms with Gasteiger partial charge in [-0.2, -0.15) is 0 Å². The second kappa shape index (κ2) is 6.90. The first-order chi connectivity index (χ1) is 10.1. The smallest absolute Gasteiger partial charge is 0.342 e. The Labute approximate surface area is 129 Å². The van der Waals surface area contributed by atoms with Gasteiger partial charge in [-0.1, -0.05) is 34.1 Å². The fourth-order valence-corrected chi connectivity index (χ4v) is 2.02. The summed E-state index contributed by atoms with van der Waals surface area (Å²) in [6.45, 7) is -0.431. The molecule has 2 aromatic rings. The Kier molecular flexibility index (Phi) is 4.94. The third kappa shape index (κ3) is 4.32. The molecule has 108 valence electrons. The minimum Gasteiger partial charge on any atom is -0.507 e. The first-order valence-electron chi connectivity index (χ1n) is 6.07. The maximum absolute atomic E-state index is 11.7. The second-order valence-corrected chi connectivity index (χ2v) is 5.07. The molecular formula is C15H12BrNO4. The molecule has 6 heteroatoms. The molecule has 0 fully saturated rings. The van der Waals surface area contributed by atoms with Crippen molar-refractivity contribution in [2.75, 3.05) is 11.9 Å². The number of amides is 1. The summed E-state index contributed by atoms with van der Waals surface area (Å²) in [6, 6.07) is 13.0. The van der Waals surface area contributed by atoms with Gasteiger partial charge in [-0.05, 0) is 30.3 Å². The number of carbonyl (C=O) groups excluding carboxylic acids is 2. The van der Waals surface area contributed by atoms with Crippen molar-refractivity contribution in [2.45, 2.75) is 0 Å². The molecule has 0 radical (unpaired) electrons. The summed E-state index contributed by atoms with van der Waals surface area (Å²) in [5, 5.41) is 12.1. The number of benzene rings is 2. The Morgan fingerprint density at radius 3 is 2.62 bits per heavy atom. The number of para-hydroxylation sites is 1. The number of phenolic OH excluding ortho intramolecular Hbond substituents is 1. The van der Waals surface area contributed by atoms with Gasteiger partial charge in [0.25, 0.3) is 5.91 Å². The van der Waals surface area contributed by atoms with Crippen LogP contribution >= 0.6 is 15.9 Å².